The van der Waals surface area contributed by atoms with Gasteiger partial charge in [0.1, 0.15) is 12.1 Å². The molecule has 2 aromatic rings. The van der Waals surface area contributed by atoms with E-state index in [9.17, 15) is 4.79 Å². The summed E-state index contributed by atoms with van der Waals surface area (Å²) in [6, 6.07) is 3.56. The van der Waals surface area contributed by atoms with E-state index in [0.29, 0.717) is 11.4 Å². The van der Waals surface area contributed by atoms with Crippen LogP contribution in [0.2, 0.25) is 0 Å². The van der Waals surface area contributed by atoms with Gasteiger partial charge in [0.25, 0.3) is 5.91 Å². The maximum absolute atomic E-state index is 11.7. The molecule has 0 radical (unpaired) electrons. The maximum Gasteiger partial charge on any atom is 0.259 e. The summed E-state index contributed by atoms with van der Waals surface area (Å²) in [6.07, 6.45) is 5.85. The van der Waals surface area contributed by atoms with Gasteiger partial charge in [-0.15, -0.1) is 0 Å². The molecule has 0 unspecified atom stereocenters. The molecule has 0 atom stereocenters. The Labute approximate surface area is 100 Å². The van der Waals surface area contributed by atoms with Crippen LogP contribution in [0.5, 0.6) is 0 Å². The first-order valence-electron chi connectivity index (χ1n) is 4.44. The summed E-state index contributed by atoms with van der Waals surface area (Å²) in [6.45, 7) is 0. The van der Waals surface area contributed by atoms with Gasteiger partial charge in [-0.3, -0.25) is 4.79 Å². The van der Waals surface area contributed by atoms with Crippen LogP contribution in [-0.4, -0.2) is 20.9 Å². The summed E-state index contributed by atoms with van der Waals surface area (Å²) in [4.78, 5) is 23.3. The molecule has 0 aliphatic carbocycles. The molecule has 1 N–H and O–H groups in total. The number of rotatable bonds is 2. The van der Waals surface area contributed by atoms with Gasteiger partial charge in [0.05, 0.1) is 10.0 Å². The first-order valence-corrected chi connectivity index (χ1v) is 5.23. The molecule has 1 amide bonds. The second kappa shape index (κ2) is 4.80. The molecule has 80 valence electrons. The molecular weight excluding hydrogens is 272 g/mol. The predicted octanol–water partition coefficient (Wildman–Crippen LogP) is 1.89. The SMILES string of the molecule is O=C(Nc1ncccc1Br)c1cncnc1. The number of nitrogens with one attached hydrogen (secondary N) is 1. The van der Waals surface area contributed by atoms with Crippen LogP contribution < -0.4 is 5.32 Å². The van der Waals surface area contributed by atoms with Crippen LogP contribution in [0, 0.1) is 0 Å². The molecule has 0 aliphatic rings. The number of carbonyl (C=O) groups is 1. The summed E-state index contributed by atoms with van der Waals surface area (Å²) in [5, 5.41) is 2.65. The van der Waals surface area contributed by atoms with Crippen molar-refractivity contribution in [2.75, 3.05) is 5.32 Å². The van der Waals surface area contributed by atoms with Gasteiger partial charge in [-0.05, 0) is 28.1 Å². The Balaban J connectivity index is 2.18. The lowest BCUT2D eigenvalue weighted by Gasteiger charge is -2.04. The predicted molar refractivity (Wildman–Crippen MR) is 61.9 cm³/mol. The minimum absolute atomic E-state index is 0.292. The summed E-state index contributed by atoms with van der Waals surface area (Å²) >= 11 is 3.29. The van der Waals surface area contributed by atoms with Crippen LogP contribution in [0.15, 0.2) is 41.5 Å². The largest absolute Gasteiger partial charge is 0.306 e. The fourth-order valence-corrected chi connectivity index (χ4v) is 1.43. The van der Waals surface area contributed by atoms with Crippen LogP contribution in [0.3, 0.4) is 0 Å². The van der Waals surface area contributed by atoms with Crippen LogP contribution in [-0.2, 0) is 0 Å². The zero-order valence-corrected chi connectivity index (χ0v) is 9.68. The molecule has 0 aliphatic heterocycles. The van der Waals surface area contributed by atoms with Crippen molar-refractivity contribution in [3.8, 4) is 0 Å². The lowest BCUT2D eigenvalue weighted by molar-refractivity contribution is 0.102. The standard InChI is InChI=1S/C10H7BrN4O/c11-8-2-1-3-14-9(8)15-10(16)7-4-12-6-13-5-7/h1-6H,(H,14,15,16). The highest BCUT2D eigenvalue weighted by atomic mass is 79.9. The highest BCUT2D eigenvalue weighted by Crippen LogP contribution is 2.18. The van der Waals surface area contributed by atoms with Crippen molar-refractivity contribution >= 4 is 27.7 Å². The molecule has 0 saturated carbocycles. The molecular formula is C10H7BrN4O. The summed E-state index contributed by atoms with van der Waals surface area (Å²) in [5.41, 5.74) is 0.389. The van der Waals surface area contributed by atoms with Gasteiger partial charge in [-0.25, -0.2) is 15.0 Å². The van der Waals surface area contributed by atoms with E-state index in [1.165, 1.54) is 18.7 Å². The van der Waals surface area contributed by atoms with Crippen molar-refractivity contribution in [2.45, 2.75) is 0 Å². The third kappa shape index (κ3) is 2.40. The first-order chi connectivity index (χ1) is 7.77. The molecule has 0 aromatic carbocycles. The Morgan fingerprint density at radius 2 is 2.06 bits per heavy atom. The number of pyridine rings is 1. The molecule has 16 heavy (non-hydrogen) atoms. The number of anilines is 1. The molecule has 0 saturated heterocycles. The smallest absolute Gasteiger partial charge is 0.259 e. The topological polar surface area (TPSA) is 67.8 Å². The fourth-order valence-electron chi connectivity index (χ4n) is 1.07. The van der Waals surface area contributed by atoms with E-state index < -0.39 is 0 Å². The minimum Gasteiger partial charge on any atom is -0.306 e. The van der Waals surface area contributed by atoms with E-state index in [4.69, 9.17) is 0 Å². The van der Waals surface area contributed by atoms with Gasteiger partial charge in [-0.1, -0.05) is 0 Å². The second-order valence-electron chi connectivity index (χ2n) is 2.92. The Kier molecular flexibility index (Phi) is 3.21. The van der Waals surface area contributed by atoms with E-state index in [1.807, 2.05) is 0 Å². The van der Waals surface area contributed by atoms with Gasteiger partial charge in [-0.2, -0.15) is 0 Å². The third-order valence-corrected chi connectivity index (χ3v) is 2.45. The van der Waals surface area contributed by atoms with E-state index in [0.717, 1.165) is 4.47 Å². The summed E-state index contributed by atoms with van der Waals surface area (Å²) in [7, 11) is 0. The van der Waals surface area contributed by atoms with Crippen molar-refractivity contribution < 1.29 is 4.79 Å². The van der Waals surface area contributed by atoms with E-state index in [2.05, 4.69) is 36.2 Å². The second-order valence-corrected chi connectivity index (χ2v) is 3.77. The fraction of sp³-hybridized carbons (Fsp3) is 0. The van der Waals surface area contributed by atoms with Crippen molar-refractivity contribution in [2.24, 2.45) is 0 Å². The van der Waals surface area contributed by atoms with Crippen molar-refractivity contribution in [1.29, 1.82) is 0 Å². The Bertz CT molecular complexity index is 503. The quantitative estimate of drug-likeness (QED) is 0.911. The number of hydrogen-bond donors (Lipinski definition) is 1. The summed E-state index contributed by atoms with van der Waals surface area (Å²) < 4.78 is 0.722. The minimum atomic E-state index is -0.292. The molecule has 0 spiro atoms. The Morgan fingerprint density at radius 3 is 2.75 bits per heavy atom. The highest BCUT2D eigenvalue weighted by Gasteiger charge is 2.08. The number of aromatic nitrogens is 3. The molecule has 0 bridgehead atoms. The Hall–Kier alpha value is -1.82. The van der Waals surface area contributed by atoms with Crippen molar-refractivity contribution in [3.63, 3.8) is 0 Å². The number of halogens is 1. The monoisotopic (exact) mass is 278 g/mol. The lowest BCUT2D eigenvalue weighted by Crippen LogP contribution is -2.13. The molecule has 2 rings (SSSR count). The zero-order chi connectivity index (χ0) is 11.4. The van der Waals surface area contributed by atoms with Gasteiger partial charge < -0.3 is 5.32 Å². The number of nitrogens with zero attached hydrogens (tertiary/aromatic N) is 3. The molecule has 6 heteroatoms. The zero-order valence-electron chi connectivity index (χ0n) is 8.09. The maximum atomic E-state index is 11.7. The summed E-state index contributed by atoms with van der Waals surface area (Å²) in [5.74, 6) is 0.177. The lowest BCUT2D eigenvalue weighted by atomic mass is 10.3. The van der Waals surface area contributed by atoms with Crippen molar-refractivity contribution in [3.05, 3.63) is 47.1 Å². The number of amides is 1. The van der Waals surface area contributed by atoms with Crippen LogP contribution in [0.25, 0.3) is 0 Å². The van der Waals surface area contributed by atoms with Gasteiger partial charge in [0.15, 0.2) is 0 Å². The average molecular weight is 279 g/mol. The molecule has 0 fully saturated rings. The third-order valence-electron chi connectivity index (χ3n) is 1.81. The van der Waals surface area contributed by atoms with E-state index in [-0.39, 0.29) is 5.91 Å². The van der Waals surface area contributed by atoms with Crippen LogP contribution in [0.1, 0.15) is 10.4 Å². The highest BCUT2D eigenvalue weighted by molar-refractivity contribution is 9.10. The molecule has 2 aromatic heterocycles. The molecule has 5 nitrogen and oxygen atoms in total. The van der Waals surface area contributed by atoms with Gasteiger partial charge >= 0.3 is 0 Å². The average Bonchev–Trinajstić information content (AvgIpc) is 2.33. The number of hydrogen-bond acceptors (Lipinski definition) is 4. The van der Waals surface area contributed by atoms with E-state index >= 15 is 0 Å². The van der Waals surface area contributed by atoms with Gasteiger partial charge in [0, 0.05) is 18.6 Å². The van der Waals surface area contributed by atoms with Crippen LogP contribution in [0.4, 0.5) is 5.82 Å². The van der Waals surface area contributed by atoms with Crippen molar-refractivity contribution in [1.82, 2.24) is 15.0 Å². The molecule has 2 heterocycles. The normalized spacial score (nSPS) is 9.81. The van der Waals surface area contributed by atoms with Gasteiger partial charge in [0.2, 0.25) is 0 Å². The first kappa shape index (κ1) is 10.7. The van der Waals surface area contributed by atoms with E-state index in [1.54, 1.807) is 18.3 Å². The number of carbonyl (C=O) groups excluding carboxylic acids is 1. The van der Waals surface area contributed by atoms with Crippen LogP contribution >= 0.6 is 15.9 Å². The Morgan fingerprint density at radius 1 is 1.31 bits per heavy atom.